The van der Waals surface area contributed by atoms with Crippen LogP contribution in [0, 0.1) is 0 Å². The molecule has 8 bridgehead atoms. The molecule has 0 fully saturated rings. The van der Waals surface area contributed by atoms with Crippen molar-refractivity contribution in [2.45, 2.75) is 0 Å². The summed E-state index contributed by atoms with van der Waals surface area (Å²) in [7, 11) is 0. The summed E-state index contributed by atoms with van der Waals surface area (Å²) in [5, 5.41) is 0. The second kappa shape index (κ2) is 22.3. The van der Waals surface area contributed by atoms with Crippen molar-refractivity contribution in [2.24, 2.45) is 0 Å². The third-order valence-corrected chi connectivity index (χ3v) is 6.95. The fraction of sp³-hybridized carbons (Fsp3) is 0.444. The summed E-state index contributed by atoms with van der Waals surface area (Å²) >= 11 is 0. The molecule has 0 saturated carbocycles. The molecule has 0 saturated heterocycles. The molecule has 0 spiro atoms. The van der Waals surface area contributed by atoms with E-state index in [1.165, 1.54) is 0 Å². The molecular weight excluding hydrogens is 648 g/mol. The zero-order chi connectivity index (χ0) is 34.3. The molecule has 14 nitrogen and oxygen atoms in total. The summed E-state index contributed by atoms with van der Waals surface area (Å²) < 4.78 is 56.3. The molecule has 4 aromatic rings. The average molecular weight is 693 g/mol. The molecule has 7 aliphatic heterocycles. The van der Waals surface area contributed by atoms with Crippen LogP contribution in [0.25, 0.3) is 22.8 Å². The molecule has 7 aliphatic rings. The molecule has 11 rings (SSSR count). The van der Waals surface area contributed by atoms with E-state index < -0.39 is 0 Å². The molecule has 0 atom stereocenters. The van der Waals surface area contributed by atoms with Crippen molar-refractivity contribution >= 4 is 0 Å². The Bertz CT molecular complexity index is 1350. The minimum absolute atomic E-state index is 0.378. The van der Waals surface area contributed by atoms with Gasteiger partial charge >= 0.3 is 0 Å². The Morgan fingerprint density at radius 1 is 0.280 bits per heavy atom. The van der Waals surface area contributed by atoms with Gasteiger partial charge in [-0.05, 0) is 48.5 Å². The SMILES string of the molecule is c1nc2ncc1OCCOCCOCCOCCOCCOc1cnc(nc1)-c1ccc(cc1)OCCOCCOCCOc1ccc-2cc1. The van der Waals surface area contributed by atoms with E-state index in [0.717, 1.165) is 22.6 Å². The van der Waals surface area contributed by atoms with E-state index in [2.05, 4.69) is 19.9 Å². The third kappa shape index (κ3) is 13.8. The van der Waals surface area contributed by atoms with Crippen molar-refractivity contribution in [1.29, 1.82) is 0 Å². The quantitative estimate of drug-likeness (QED) is 0.263. The van der Waals surface area contributed by atoms with Gasteiger partial charge in [0.1, 0.15) is 37.9 Å². The molecule has 50 heavy (non-hydrogen) atoms. The van der Waals surface area contributed by atoms with E-state index in [0.29, 0.717) is 129 Å². The second-order valence-electron chi connectivity index (χ2n) is 10.6. The molecule has 268 valence electrons. The molecule has 2 aromatic carbocycles. The van der Waals surface area contributed by atoms with Gasteiger partial charge in [0.2, 0.25) is 0 Å². The molecule has 14 heteroatoms. The monoisotopic (exact) mass is 692 g/mol. The van der Waals surface area contributed by atoms with Gasteiger partial charge in [0.25, 0.3) is 0 Å². The lowest BCUT2D eigenvalue weighted by Gasteiger charge is -2.10. The van der Waals surface area contributed by atoms with Crippen LogP contribution >= 0.6 is 0 Å². The minimum atomic E-state index is 0.378. The fourth-order valence-electron chi connectivity index (χ4n) is 4.44. The van der Waals surface area contributed by atoms with Crippen molar-refractivity contribution in [3.05, 3.63) is 73.3 Å². The third-order valence-electron chi connectivity index (χ3n) is 6.95. The molecule has 0 aliphatic carbocycles. The number of rotatable bonds is 0. The maximum Gasteiger partial charge on any atom is 0.159 e. The topological polar surface area (TPSA) is 144 Å². The van der Waals surface area contributed by atoms with Crippen LogP contribution in [0.3, 0.4) is 0 Å². The highest BCUT2D eigenvalue weighted by Crippen LogP contribution is 2.21. The smallest absolute Gasteiger partial charge is 0.159 e. The van der Waals surface area contributed by atoms with E-state index in [9.17, 15) is 0 Å². The first-order valence-corrected chi connectivity index (χ1v) is 16.7. The van der Waals surface area contributed by atoms with Crippen LogP contribution in [0.2, 0.25) is 0 Å². The molecular formula is C36H44N4O10. The van der Waals surface area contributed by atoms with Crippen LogP contribution in [-0.4, -0.2) is 126 Å². The van der Waals surface area contributed by atoms with Crippen LogP contribution < -0.4 is 18.9 Å². The Labute approximate surface area is 291 Å². The van der Waals surface area contributed by atoms with Crippen molar-refractivity contribution in [3.8, 4) is 45.8 Å². The maximum absolute atomic E-state index is 5.78. The van der Waals surface area contributed by atoms with Gasteiger partial charge in [-0.3, -0.25) is 0 Å². The standard InChI is InChI=1S/C36H44N4O10/c1-5-31-6-2-29(1)35-37-25-33(26-38-35)49-23-19-45-13-11-41-9-10-42-12-14-46-20-24-50-34-27-39-36(40-28-34)30-3-7-32(8-4-30)48-22-18-44-16-15-43-17-21-47-31/h1-8,25-28H,9-24H2. The molecule has 0 radical (unpaired) electrons. The van der Waals surface area contributed by atoms with Crippen LogP contribution in [0.5, 0.6) is 23.0 Å². The van der Waals surface area contributed by atoms with Gasteiger partial charge in [-0.1, -0.05) is 0 Å². The summed E-state index contributed by atoms with van der Waals surface area (Å²) in [6.07, 6.45) is 6.59. The molecule has 0 N–H and O–H groups in total. The van der Waals surface area contributed by atoms with E-state index in [1.807, 2.05) is 48.5 Å². The lowest BCUT2D eigenvalue weighted by Crippen LogP contribution is -2.14. The van der Waals surface area contributed by atoms with Gasteiger partial charge in [-0.15, -0.1) is 0 Å². The molecule has 0 amide bonds. The summed E-state index contributed by atoms with van der Waals surface area (Å²) in [6, 6.07) is 15.2. The summed E-state index contributed by atoms with van der Waals surface area (Å²) in [5.41, 5.74) is 1.74. The lowest BCUT2D eigenvalue weighted by atomic mass is 10.2. The number of ether oxygens (including phenoxy) is 10. The number of aromatic nitrogens is 4. The highest BCUT2D eigenvalue weighted by atomic mass is 16.6. The van der Waals surface area contributed by atoms with Crippen LogP contribution in [0.4, 0.5) is 0 Å². The van der Waals surface area contributed by atoms with Crippen LogP contribution in [0.1, 0.15) is 0 Å². The van der Waals surface area contributed by atoms with E-state index >= 15 is 0 Å². The van der Waals surface area contributed by atoms with Gasteiger partial charge < -0.3 is 47.4 Å². The first-order valence-electron chi connectivity index (χ1n) is 16.7. The van der Waals surface area contributed by atoms with Crippen molar-refractivity contribution in [3.63, 3.8) is 0 Å². The van der Waals surface area contributed by atoms with E-state index in [-0.39, 0.29) is 0 Å². The maximum atomic E-state index is 5.78. The van der Waals surface area contributed by atoms with Gasteiger partial charge in [0, 0.05) is 11.1 Å². The summed E-state index contributed by atoms with van der Waals surface area (Å²) in [5.74, 6) is 3.80. The summed E-state index contributed by atoms with van der Waals surface area (Å²) in [6.45, 7) is 7.05. The van der Waals surface area contributed by atoms with Crippen molar-refractivity contribution in [2.75, 3.05) is 106 Å². The number of hydrogen-bond donors (Lipinski definition) is 0. The number of nitrogens with zero attached hydrogens (tertiary/aromatic N) is 4. The highest BCUT2D eigenvalue weighted by molar-refractivity contribution is 5.57. The molecule has 9 heterocycles. The zero-order valence-electron chi connectivity index (χ0n) is 28.1. The largest absolute Gasteiger partial charge is 0.491 e. The predicted molar refractivity (Wildman–Crippen MR) is 182 cm³/mol. The Balaban J connectivity index is 1.03. The first-order chi connectivity index (χ1) is 24.8. The molecule has 2 aromatic heterocycles. The van der Waals surface area contributed by atoms with E-state index in [1.54, 1.807) is 24.8 Å². The number of benzene rings is 2. The van der Waals surface area contributed by atoms with Gasteiger partial charge in [0.15, 0.2) is 23.1 Å². The van der Waals surface area contributed by atoms with Gasteiger partial charge in [-0.2, -0.15) is 0 Å². The van der Waals surface area contributed by atoms with Gasteiger partial charge in [-0.25, -0.2) is 19.9 Å². The highest BCUT2D eigenvalue weighted by Gasteiger charge is 2.06. The van der Waals surface area contributed by atoms with Crippen molar-refractivity contribution < 1.29 is 47.4 Å². The average Bonchev–Trinajstić information content (AvgIpc) is 3.16. The van der Waals surface area contributed by atoms with Crippen LogP contribution in [0.15, 0.2) is 73.3 Å². The number of fused-ring (bicyclic) bond motifs is 1. The Morgan fingerprint density at radius 2 is 0.520 bits per heavy atom. The molecule has 0 unspecified atom stereocenters. The van der Waals surface area contributed by atoms with Gasteiger partial charge in [0.05, 0.1) is 104 Å². The number of hydrogen-bond acceptors (Lipinski definition) is 14. The Morgan fingerprint density at radius 3 is 0.800 bits per heavy atom. The normalized spacial score (nSPS) is 17.3. The minimum Gasteiger partial charge on any atom is -0.491 e. The van der Waals surface area contributed by atoms with Crippen LogP contribution in [-0.2, 0) is 28.4 Å². The first kappa shape index (κ1) is 36.8. The predicted octanol–water partition coefficient (Wildman–Crippen LogP) is 3.93. The second-order valence-corrected chi connectivity index (χ2v) is 10.6. The van der Waals surface area contributed by atoms with Crippen molar-refractivity contribution in [1.82, 2.24) is 19.9 Å². The zero-order valence-corrected chi connectivity index (χ0v) is 28.1. The Kier molecular flexibility index (Phi) is 16.4. The van der Waals surface area contributed by atoms with E-state index in [4.69, 9.17) is 47.4 Å². The lowest BCUT2D eigenvalue weighted by molar-refractivity contribution is -0.00702. The Hall–Kier alpha value is -4.44. The summed E-state index contributed by atoms with van der Waals surface area (Å²) in [4.78, 5) is 17.6. The fourth-order valence-corrected chi connectivity index (χ4v) is 4.44.